The highest BCUT2D eigenvalue weighted by atomic mass is 16.3. The Morgan fingerprint density at radius 1 is 1.36 bits per heavy atom. The zero-order chi connectivity index (χ0) is 9.28. The highest BCUT2D eigenvalue weighted by Crippen LogP contribution is 1.84. The third-order valence-electron chi connectivity index (χ3n) is 0.531. The third kappa shape index (κ3) is 27.2. The number of amides is 1. The topological polar surface area (TPSA) is 83.6 Å². The highest BCUT2D eigenvalue weighted by molar-refractivity contribution is 5.86. The van der Waals surface area contributed by atoms with E-state index in [1.807, 2.05) is 13.8 Å². The Kier molecular flexibility index (Phi) is 10.6. The summed E-state index contributed by atoms with van der Waals surface area (Å²) in [6, 6.07) is 0. The first-order valence-corrected chi connectivity index (χ1v) is 3.20. The third-order valence-corrected chi connectivity index (χ3v) is 0.531. The van der Waals surface area contributed by atoms with Gasteiger partial charge in [0.2, 0.25) is 5.91 Å². The van der Waals surface area contributed by atoms with Gasteiger partial charge in [-0.25, -0.2) is 0 Å². The maximum absolute atomic E-state index is 9.96. The molecule has 0 saturated heterocycles. The summed E-state index contributed by atoms with van der Waals surface area (Å²) < 4.78 is 0. The predicted molar refractivity (Wildman–Crippen MR) is 42.8 cm³/mol. The quantitative estimate of drug-likeness (QED) is 0.473. The lowest BCUT2D eigenvalue weighted by Gasteiger charge is -1.80. The molecule has 66 valence electrons. The Labute approximate surface area is 66.3 Å². The second-order valence-electron chi connectivity index (χ2n) is 2.07. The van der Waals surface area contributed by atoms with Crippen LogP contribution >= 0.6 is 0 Å². The van der Waals surface area contributed by atoms with E-state index in [-0.39, 0.29) is 19.1 Å². The van der Waals surface area contributed by atoms with Crippen LogP contribution in [0.15, 0.2) is 11.6 Å². The minimum atomic E-state index is -0.375. The van der Waals surface area contributed by atoms with Crippen molar-refractivity contribution < 1.29 is 15.0 Å². The van der Waals surface area contributed by atoms with Crippen LogP contribution in [0.2, 0.25) is 0 Å². The number of carbonyl (C=O) groups is 1. The van der Waals surface area contributed by atoms with Crippen LogP contribution in [-0.2, 0) is 4.79 Å². The van der Waals surface area contributed by atoms with Gasteiger partial charge < -0.3 is 15.9 Å². The molecule has 4 nitrogen and oxygen atoms in total. The number of hydrogen-bond donors (Lipinski definition) is 3. The summed E-state index contributed by atoms with van der Waals surface area (Å²) in [4.78, 5) is 9.96. The molecule has 0 atom stereocenters. The van der Waals surface area contributed by atoms with Crippen molar-refractivity contribution >= 4 is 5.91 Å². The van der Waals surface area contributed by atoms with Crippen molar-refractivity contribution in [3.8, 4) is 0 Å². The smallest absolute Gasteiger partial charge is 0.241 e. The molecule has 4 N–H and O–H groups in total. The van der Waals surface area contributed by atoms with Gasteiger partial charge in [0.15, 0.2) is 0 Å². The van der Waals surface area contributed by atoms with Gasteiger partial charge in [0.1, 0.15) is 0 Å². The molecule has 0 aromatic heterocycles. The number of primary amides is 1. The van der Waals surface area contributed by atoms with E-state index in [2.05, 4.69) is 0 Å². The standard InChI is InChI=1S/C5H9NO.C2H6O2/c1-4(2)3-5(6)7;3-1-2-4/h3H,1-2H3,(H2,6,7);3-4H,1-2H2. The molecule has 1 amide bonds. The SMILES string of the molecule is CC(C)=CC(N)=O.OCCO. The first-order valence-electron chi connectivity index (χ1n) is 3.20. The van der Waals surface area contributed by atoms with E-state index in [9.17, 15) is 4.79 Å². The van der Waals surface area contributed by atoms with Crippen molar-refractivity contribution in [1.82, 2.24) is 0 Å². The van der Waals surface area contributed by atoms with Gasteiger partial charge in [-0.2, -0.15) is 0 Å². The van der Waals surface area contributed by atoms with Crippen LogP contribution in [0, 0.1) is 0 Å². The van der Waals surface area contributed by atoms with Gasteiger partial charge in [-0.05, 0) is 13.8 Å². The van der Waals surface area contributed by atoms with Crippen LogP contribution in [0.3, 0.4) is 0 Å². The average molecular weight is 161 g/mol. The Morgan fingerprint density at radius 3 is 1.73 bits per heavy atom. The molecule has 0 aromatic rings. The summed E-state index contributed by atoms with van der Waals surface area (Å²) in [5, 5.41) is 15.2. The van der Waals surface area contributed by atoms with Crippen LogP contribution in [0.5, 0.6) is 0 Å². The van der Waals surface area contributed by atoms with Crippen LogP contribution < -0.4 is 5.73 Å². The summed E-state index contributed by atoms with van der Waals surface area (Å²) >= 11 is 0. The van der Waals surface area contributed by atoms with E-state index >= 15 is 0 Å². The number of nitrogens with two attached hydrogens (primary N) is 1. The van der Waals surface area contributed by atoms with E-state index in [0.717, 1.165) is 5.57 Å². The summed E-state index contributed by atoms with van der Waals surface area (Å²) in [6.45, 7) is 3.40. The molecule has 0 bridgehead atoms. The summed E-state index contributed by atoms with van der Waals surface area (Å²) in [7, 11) is 0. The van der Waals surface area contributed by atoms with E-state index in [4.69, 9.17) is 15.9 Å². The molecule has 0 spiro atoms. The molecule has 11 heavy (non-hydrogen) atoms. The fourth-order valence-corrected chi connectivity index (χ4v) is 0.285. The maximum Gasteiger partial charge on any atom is 0.241 e. The molecule has 0 aliphatic heterocycles. The van der Waals surface area contributed by atoms with Crippen LogP contribution in [0.1, 0.15) is 13.8 Å². The van der Waals surface area contributed by atoms with Gasteiger partial charge in [0.05, 0.1) is 13.2 Å². The number of allylic oxidation sites excluding steroid dienone is 1. The van der Waals surface area contributed by atoms with Crippen molar-refractivity contribution in [3.63, 3.8) is 0 Å². The van der Waals surface area contributed by atoms with Crippen molar-refractivity contribution in [3.05, 3.63) is 11.6 Å². The maximum atomic E-state index is 9.96. The summed E-state index contributed by atoms with van der Waals surface area (Å²) in [5.41, 5.74) is 5.72. The molecular weight excluding hydrogens is 146 g/mol. The Hall–Kier alpha value is -0.870. The fraction of sp³-hybridized carbons (Fsp3) is 0.571. The number of aliphatic hydroxyl groups is 2. The van der Waals surface area contributed by atoms with Gasteiger partial charge in [-0.1, -0.05) is 5.57 Å². The molecule has 0 aliphatic rings. The number of carbonyl (C=O) groups excluding carboxylic acids is 1. The lowest BCUT2D eigenvalue weighted by atomic mass is 10.3. The van der Waals surface area contributed by atoms with Gasteiger partial charge in [0, 0.05) is 6.08 Å². The molecular formula is C7H15NO3. The van der Waals surface area contributed by atoms with Crippen LogP contribution in [0.25, 0.3) is 0 Å². The summed E-state index contributed by atoms with van der Waals surface area (Å²) in [5.74, 6) is -0.375. The lowest BCUT2D eigenvalue weighted by Crippen LogP contribution is -2.05. The summed E-state index contributed by atoms with van der Waals surface area (Å²) in [6.07, 6.45) is 1.39. The number of rotatable bonds is 2. The van der Waals surface area contributed by atoms with E-state index < -0.39 is 0 Å². The molecule has 0 radical (unpaired) electrons. The molecule has 0 saturated carbocycles. The Balaban J connectivity index is 0. The van der Waals surface area contributed by atoms with Crippen molar-refractivity contribution in [2.75, 3.05) is 13.2 Å². The molecule has 0 unspecified atom stereocenters. The van der Waals surface area contributed by atoms with Gasteiger partial charge >= 0.3 is 0 Å². The van der Waals surface area contributed by atoms with E-state index in [1.54, 1.807) is 0 Å². The lowest BCUT2D eigenvalue weighted by molar-refractivity contribution is -0.113. The van der Waals surface area contributed by atoms with Crippen LogP contribution in [-0.4, -0.2) is 29.3 Å². The predicted octanol–water partition coefficient (Wildman–Crippen LogP) is -0.591. The Morgan fingerprint density at radius 2 is 1.73 bits per heavy atom. The van der Waals surface area contributed by atoms with Crippen molar-refractivity contribution in [2.45, 2.75) is 13.8 Å². The minimum Gasteiger partial charge on any atom is -0.394 e. The highest BCUT2D eigenvalue weighted by Gasteiger charge is 1.80. The van der Waals surface area contributed by atoms with Gasteiger partial charge in [-0.15, -0.1) is 0 Å². The molecule has 0 fully saturated rings. The molecule has 0 rings (SSSR count). The zero-order valence-electron chi connectivity index (χ0n) is 6.87. The number of hydrogen-bond acceptors (Lipinski definition) is 3. The second kappa shape index (κ2) is 9.13. The van der Waals surface area contributed by atoms with Gasteiger partial charge in [-0.3, -0.25) is 4.79 Å². The normalized spacial score (nSPS) is 7.64. The zero-order valence-corrected chi connectivity index (χ0v) is 6.87. The van der Waals surface area contributed by atoms with E-state index in [1.165, 1.54) is 6.08 Å². The number of aliphatic hydroxyl groups excluding tert-OH is 2. The van der Waals surface area contributed by atoms with E-state index in [0.29, 0.717) is 0 Å². The average Bonchev–Trinajstić information content (AvgIpc) is 1.85. The first kappa shape index (κ1) is 12.8. The second-order valence-corrected chi connectivity index (χ2v) is 2.07. The fourth-order valence-electron chi connectivity index (χ4n) is 0.285. The molecule has 0 heterocycles. The van der Waals surface area contributed by atoms with Crippen LogP contribution in [0.4, 0.5) is 0 Å². The van der Waals surface area contributed by atoms with Gasteiger partial charge in [0.25, 0.3) is 0 Å². The molecule has 4 heteroatoms. The van der Waals surface area contributed by atoms with Crippen molar-refractivity contribution in [1.29, 1.82) is 0 Å². The minimum absolute atomic E-state index is 0.125. The Bertz CT molecular complexity index is 126. The molecule has 0 aromatic carbocycles. The monoisotopic (exact) mass is 161 g/mol. The van der Waals surface area contributed by atoms with Crippen molar-refractivity contribution in [2.24, 2.45) is 5.73 Å². The largest absolute Gasteiger partial charge is 0.394 e. The first-order chi connectivity index (χ1) is 5.04. The molecule has 0 aliphatic carbocycles.